The number of carbonyl (C=O) groups is 1. The fraction of sp³-hybridized carbons (Fsp3) is 0.765. The van der Waals surface area contributed by atoms with Gasteiger partial charge in [0.2, 0.25) is 5.95 Å². The highest BCUT2D eigenvalue weighted by Gasteiger charge is 2.37. The Morgan fingerprint density at radius 1 is 1.40 bits per heavy atom. The summed E-state index contributed by atoms with van der Waals surface area (Å²) in [6.07, 6.45) is 1.51. The minimum Gasteiger partial charge on any atom is -0.444 e. The van der Waals surface area contributed by atoms with Crippen molar-refractivity contribution in [3.05, 3.63) is 11.9 Å². The van der Waals surface area contributed by atoms with Gasteiger partial charge in [-0.25, -0.2) is 9.78 Å². The predicted octanol–water partition coefficient (Wildman–Crippen LogP) is 1.21. The number of amides is 1. The van der Waals surface area contributed by atoms with Crippen molar-refractivity contribution in [2.45, 2.75) is 45.1 Å². The molecule has 0 spiro atoms. The number of imidazole rings is 1. The number of carbonyl (C=O) groups excluding carboxylic acids is 1. The van der Waals surface area contributed by atoms with Crippen LogP contribution in [0.15, 0.2) is 6.20 Å². The van der Waals surface area contributed by atoms with E-state index in [2.05, 4.69) is 14.9 Å². The molecule has 1 saturated heterocycles. The van der Waals surface area contributed by atoms with E-state index in [1.54, 1.807) is 12.0 Å². The molecule has 1 aliphatic heterocycles. The minimum absolute atomic E-state index is 0.0511. The number of methoxy groups -OCH3 is 1. The number of anilines is 1. The van der Waals surface area contributed by atoms with Crippen molar-refractivity contribution in [3.8, 4) is 0 Å². The van der Waals surface area contributed by atoms with Crippen LogP contribution in [-0.4, -0.2) is 72.6 Å². The molecule has 2 rings (SSSR count). The van der Waals surface area contributed by atoms with Gasteiger partial charge in [-0.1, -0.05) is 0 Å². The number of rotatable bonds is 5. The van der Waals surface area contributed by atoms with Crippen molar-refractivity contribution in [2.24, 2.45) is 7.05 Å². The zero-order valence-corrected chi connectivity index (χ0v) is 16.4. The Kier molecular flexibility index (Phi) is 5.95. The normalized spacial score (nSPS) is 20.8. The molecular formula is C17H31N5O3. The molecule has 1 aliphatic rings. The number of aromatic nitrogens is 2. The molecule has 1 aromatic heterocycles. The Hall–Kier alpha value is -1.80. The van der Waals surface area contributed by atoms with Crippen molar-refractivity contribution in [1.29, 1.82) is 0 Å². The van der Waals surface area contributed by atoms with Crippen LogP contribution >= 0.6 is 0 Å². The van der Waals surface area contributed by atoms with Gasteiger partial charge < -0.3 is 29.2 Å². The lowest BCUT2D eigenvalue weighted by Crippen LogP contribution is -2.40. The van der Waals surface area contributed by atoms with Crippen LogP contribution in [0, 0.1) is 0 Å². The summed E-state index contributed by atoms with van der Waals surface area (Å²) in [5.41, 5.74) is 0.580. The fourth-order valence-corrected chi connectivity index (χ4v) is 2.93. The second kappa shape index (κ2) is 7.61. The van der Waals surface area contributed by atoms with E-state index in [4.69, 9.17) is 9.47 Å². The number of hydrogen-bond donors (Lipinski definition) is 1. The van der Waals surface area contributed by atoms with Crippen LogP contribution in [0.1, 0.15) is 26.5 Å². The molecule has 0 bridgehead atoms. The summed E-state index contributed by atoms with van der Waals surface area (Å²) in [7, 11) is 7.60. The van der Waals surface area contributed by atoms with Crippen molar-refractivity contribution >= 4 is 12.0 Å². The largest absolute Gasteiger partial charge is 0.444 e. The van der Waals surface area contributed by atoms with Crippen LogP contribution < -0.4 is 10.2 Å². The highest BCUT2D eigenvalue weighted by molar-refractivity contribution is 5.68. The van der Waals surface area contributed by atoms with Crippen LogP contribution in [0.3, 0.4) is 0 Å². The Bertz CT molecular complexity index is 594. The lowest BCUT2D eigenvalue weighted by molar-refractivity contribution is 0.0252. The molecule has 142 valence electrons. The van der Waals surface area contributed by atoms with E-state index in [1.807, 2.05) is 53.0 Å². The van der Waals surface area contributed by atoms with E-state index in [-0.39, 0.29) is 18.2 Å². The van der Waals surface area contributed by atoms with Gasteiger partial charge >= 0.3 is 6.09 Å². The summed E-state index contributed by atoms with van der Waals surface area (Å²) < 4.78 is 13.1. The first-order valence-corrected chi connectivity index (χ1v) is 8.54. The Labute approximate surface area is 150 Å². The molecule has 1 fully saturated rings. The standard InChI is InChI=1S/C17H31N5O3/c1-17(2,3)25-16(23)22-10-13(14(11-22)24-7)18-8-12-9-19-15(20(4)5)21(12)6/h9,13-14,18H,8,10-11H2,1-7H3/t13?,14-/m0/s1. The SMILES string of the molecule is CO[C@H]1CN(C(=O)OC(C)(C)C)CC1NCc1cnc(N(C)C)n1C. The summed E-state index contributed by atoms with van der Waals surface area (Å²) in [4.78, 5) is 20.4. The summed E-state index contributed by atoms with van der Waals surface area (Å²) in [5, 5.41) is 3.49. The van der Waals surface area contributed by atoms with E-state index in [1.165, 1.54) is 0 Å². The molecule has 1 unspecified atom stereocenters. The van der Waals surface area contributed by atoms with E-state index in [9.17, 15) is 4.79 Å². The van der Waals surface area contributed by atoms with Gasteiger partial charge in [-0.3, -0.25) is 0 Å². The lowest BCUT2D eigenvalue weighted by atomic mass is 10.2. The van der Waals surface area contributed by atoms with E-state index in [0.29, 0.717) is 19.6 Å². The van der Waals surface area contributed by atoms with Gasteiger partial charge in [0.15, 0.2) is 0 Å². The first kappa shape index (κ1) is 19.5. The minimum atomic E-state index is -0.498. The summed E-state index contributed by atoms with van der Waals surface area (Å²) in [5.74, 6) is 0.905. The maximum absolute atomic E-state index is 12.3. The highest BCUT2D eigenvalue weighted by Crippen LogP contribution is 2.18. The molecule has 0 saturated carbocycles. The van der Waals surface area contributed by atoms with Crippen LogP contribution in [0.2, 0.25) is 0 Å². The monoisotopic (exact) mass is 353 g/mol. The smallest absolute Gasteiger partial charge is 0.410 e. The Balaban J connectivity index is 1.96. The zero-order chi connectivity index (χ0) is 18.8. The van der Waals surface area contributed by atoms with Gasteiger partial charge in [-0.2, -0.15) is 0 Å². The van der Waals surface area contributed by atoms with E-state index < -0.39 is 5.60 Å². The van der Waals surface area contributed by atoms with Crippen LogP contribution in [0.5, 0.6) is 0 Å². The van der Waals surface area contributed by atoms with Gasteiger partial charge in [0.05, 0.1) is 30.6 Å². The van der Waals surface area contributed by atoms with Gasteiger partial charge in [0, 0.05) is 41.3 Å². The lowest BCUT2D eigenvalue weighted by Gasteiger charge is -2.24. The molecule has 25 heavy (non-hydrogen) atoms. The highest BCUT2D eigenvalue weighted by atomic mass is 16.6. The average Bonchev–Trinajstić information content (AvgIpc) is 3.06. The maximum atomic E-state index is 12.3. The van der Waals surface area contributed by atoms with Gasteiger partial charge in [-0.15, -0.1) is 0 Å². The molecule has 0 aromatic carbocycles. The molecule has 2 atom stereocenters. The predicted molar refractivity (Wildman–Crippen MR) is 96.8 cm³/mol. The second-order valence-electron chi connectivity index (χ2n) is 7.65. The number of nitrogens with zero attached hydrogens (tertiary/aromatic N) is 4. The third-order valence-corrected chi connectivity index (χ3v) is 4.23. The van der Waals surface area contributed by atoms with Crippen LogP contribution in [-0.2, 0) is 23.1 Å². The summed E-state index contributed by atoms with van der Waals surface area (Å²) in [6, 6.07) is 0.0511. The molecule has 2 heterocycles. The number of nitrogens with one attached hydrogen (secondary N) is 1. The van der Waals surface area contributed by atoms with E-state index in [0.717, 1.165) is 11.6 Å². The molecular weight excluding hydrogens is 322 g/mol. The van der Waals surface area contributed by atoms with Crippen LogP contribution in [0.4, 0.5) is 10.7 Å². The molecule has 0 radical (unpaired) electrons. The first-order chi connectivity index (χ1) is 11.6. The molecule has 8 heteroatoms. The Morgan fingerprint density at radius 2 is 2.08 bits per heavy atom. The molecule has 1 N–H and O–H groups in total. The van der Waals surface area contributed by atoms with Crippen molar-refractivity contribution in [3.63, 3.8) is 0 Å². The van der Waals surface area contributed by atoms with Crippen LogP contribution in [0.25, 0.3) is 0 Å². The van der Waals surface area contributed by atoms with Crippen molar-refractivity contribution in [2.75, 3.05) is 39.2 Å². The number of likely N-dealkylation sites (tertiary alicyclic amines) is 1. The zero-order valence-electron chi connectivity index (χ0n) is 16.4. The maximum Gasteiger partial charge on any atom is 0.410 e. The van der Waals surface area contributed by atoms with Gasteiger partial charge in [-0.05, 0) is 20.8 Å². The molecule has 8 nitrogen and oxygen atoms in total. The van der Waals surface area contributed by atoms with E-state index >= 15 is 0 Å². The van der Waals surface area contributed by atoms with Gasteiger partial charge in [0.25, 0.3) is 0 Å². The topological polar surface area (TPSA) is 71.9 Å². The third-order valence-electron chi connectivity index (χ3n) is 4.23. The van der Waals surface area contributed by atoms with Gasteiger partial charge in [0.1, 0.15) is 5.60 Å². The molecule has 1 aromatic rings. The number of hydrogen-bond acceptors (Lipinski definition) is 6. The summed E-state index contributed by atoms with van der Waals surface area (Å²) in [6.45, 7) is 7.35. The van der Waals surface area contributed by atoms with Crippen molar-refractivity contribution < 1.29 is 14.3 Å². The van der Waals surface area contributed by atoms with Crippen molar-refractivity contribution in [1.82, 2.24) is 19.8 Å². The average molecular weight is 353 g/mol. The molecule has 0 aliphatic carbocycles. The number of ether oxygens (including phenoxy) is 2. The summed E-state index contributed by atoms with van der Waals surface area (Å²) >= 11 is 0. The quantitative estimate of drug-likeness (QED) is 0.858. The first-order valence-electron chi connectivity index (χ1n) is 8.54. The fourth-order valence-electron chi connectivity index (χ4n) is 2.93. The second-order valence-corrected chi connectivity index (χ2v) is 7.65. The molecule has 1 amide bonds. The third kappa shape index (κ3) is 4.85. The Morgan fingerprint density at radius 3 is 2.60 bits per heavy atom.